The molecule has 162 valence electrons. The summed E-state index contributed by atoms with van der Waals surface area (Å²) in [5.74, 6) is 1.74. The van der Waals surface area contributed by atoms with Crippen LogP contribution in [0.1, 0.15) is 31.9 Å². The molecule has 2 aromatic rings. The second kappa shape index (κ2) is 12.4. The third kappa shape index (κ3) is 7.03. The molecular formula is C24H30O6. The average Bonchev–Trinajstić information content (AvgIpc) is 2.75. The number of methoxy groups -OCH3 is 1. The van der Waals surface area contributed by atoms with Gasteiger partial charge in [0, 0.05) is 6.42 Å². The molecule has 0 fully saturated rings. The zero-order valence-corrected chi connectivity index (χ0v) is 18.1. The lowest BCUT2D eigenvalue weighted by Crippen LogP contribution is -2.10. The molecule has 0 aromatic heterocycles. The minimum Gasteiger partial charge on any atom is -0.494 e. The minimum atomic E-state index is -0.492. The predicted octanol–water partition coefficient (Wildman–Crippen LogP) is 4.66. The Balaban J connectivity index is 2.04. The predicted molar refractivity (Wildman–Crippen MR) is 116 cm³/mol. The second-order valence-corrected chi connectivity index (χ2v) is 6.25. The number of hydrogen-bond donors (Lipinski definition) is 0. The molecule has 0 bridgehead atoms. The highest BCUT2D eigenvalue weighted by atomic mass is 16.6. The number of benzene rings is 2. The topological polar surface area (TPSA) is 63.2 Å². The van der Waals surface area contributed by atoms with Gasteiger partial charge in [-0.25, -0.2) is 4.79 Å². The second-order valence-electron chi connectivity index (χ2n) is 6.25. The maximum absolute atomic E-state index is 12.0. The molecule has 0 aliphatic heterocycles. The van der Waals surface area contributed by atoms with Crippen LogP contribution in [0.15, 0.2) is 48.2 Å². The van der Waals surface area contributed by atoms with Crippen molar-refractivity contribution in [3.05, 3.63) is 59.4 Å². The molecule has 0 N–H and O–H groups in total. The molecule has 0 atom stereocenters. The van der Waals surface area contributed by atoms with Gasteiger partial charge in [0.05, 0.1) is 33.5 Å². The Morgan fingerprint density at radius 2 is 1.60 bits per heavy atom. The van der Waals surface area contributed by atoms with E-state index in [1.165, 1.54) is 0 Å². The van der Waals surface area contributed by atoms with Gasteiger partial charge < -0.3 is 23.7 Å². The third-order valence-electron chi connectivity index (χ3n) is 4.14. The molecule has 0 amide bonds. The fraction of sp³-hybridized carbons (Fsp3) is 0.375. The molecule has 6 nitrogen and oxygen atoms in total. The number of rotatable bonds is 12. The van der Waals surface area contributed by atoms with Gasteiger partial charge in [0.2, 0.25) is 5.76 Å². The highest BCUT2D eigenvalue weighted by Gasteiger charge is 2.13. The molecule has 0 saturated carbocycles. The lowest BCUT2D eigenvalue weighted by molar-refractivity contribution is -0.142. The Morgan fingerprint density at radius 1 is 0.867 bits per heavy atom. The highest BCUT2D eigenvalue weighted by Crippen LogP contribution is 2.29. The quantitative estimate of drug-likeness (QED) is 0.286. The molecule has 0 heterocycles. The lowest BCUT2D eigenvalue weighted by atomic mass is 10.1. The largest absolute Gasteiger partial charge is 0.494 e. The molecule has 0 unspecified atom stereocenters. The zero-order chi connectivity index (χ0) is 21.8. The number of hydrogen-bond acceptors (Lipinski definition) is 6. The Kier molecular flexibility index (Phi) is 9.58. The molecule has 0 saturated heterocycles. The highest BCUT2D eigenvalue weighted by molar-refractivity contribution is 5.91. The third-order valence-corrected chi connectivity index (χ3v) is 4.14. The summed E-state index contributed by atoms with van der Waals surface area (Å²) in [4.78, 5) is 12.0. The van der Waals surface area contributed by atoms with E-state index in [1.54, 1.807) is 26.2 Å². The van der Waals surface area contributed by atoms with E-state index in [9.17, 15) is 4.79 Å². The molecule has 0 aliphatic rings. The summed E-state index contributed by atoms with van der Waals surface area (Å²) in [5.41, 5.74) is 1.91. The summed E-state index contributed by atoms with van der Waals surface area (Å²) in [7, 11) is 1.58. The number of ether oxygens (including phenoxy) is 5. The summed E-state index contributed by atoms with van der Waals surface area (Å²) in [6.07, 6.45) is 2.39. The van der Waals surface area contributed by atoms with Gasteiger partial charge in [-0.05, 0) is 62.2 Å². The maximum atomic E-state index is 12.0. The normalized spacial score (nSPS) is 11.0. The molecule has 0 spiro atoms. The van der Waals surface area contributed by atoms with Crippen LogP contribution >= 0.6 is 0 Å². The van der Waals surface area contributed by atoms with Crippen molar-refractivity contribution in [2.24, 2.45) is 0 Å². The number of carbonyl (C=O) groups is 1. The first-order valence-corrected chi connectivity index (χ1v) is 10.1. The van der Waals surface area contributed by atoms with Crippen LogP contribution in [0.5, 0.6) is 17.2 Å². The maximum Gasteiger partial charge on any atom is 0.373 e. The van der Waals surface area contributed by atoms with E-state index >= 15 is 0 Å². The Labute approximate surface area is 178 Å². The van der Waals surface area contributed by atoms with E-state index < -0.39 is 5.97 Å². The van der Waals surface area contributed by atoms with Crippen molar-refractivity contribution >= 4 is 12.0 Å². The monoisotopic (exact) mass is 414 g/mol. The van der Waals surface area contributed by atoms with Crippen molar-refractivity contribution < 1.29 is 28.5 Å². The summed E-state index contributed by atoms with van der Waals surface area (Å²) in [5, 5.41) is 0. The van der Waals surface area contributed by atoms with Gasteiger partial charge in [-0.1, -0.05) is 18.2 Å². The van der Waals surface area contributed by atoms with E-state index in [0.29, 0.717) is 31.3 Å². The Morgan fingerprint density at radius 3 is 2.23 bits per heavy atom. The van der Waals surface area contributed by atoms with Gasteiger partial charge >= 0.3 is 5.97 Å². The van der Waals surface area contributed by atoms with Crippen LogP contribution in [0.3, 0.4) is 0 Å². The first-order chi connectivity index (χ1) is 14.6. The van der Waals surface area contributed by atoms with Crippen molar-refractivity contribution in [2.75, 3.05) is 33.5 Å². The van der Waals surface area contributed by atoms with Gasteiger partial charge in [-0.15, -0.1) is 0 Å². The fourth-order valence-electron chi connectivity index (χ4n) is 2.76. The van der Waals surface area contributed by atoms with Crippen molar-refractivity contribution in [1.82, 2.24) is 0 Å². The Bertz CT molecular complexity index is 826. The van der Waals surface area contributed by atoms with Crippen LogP contribution in [0.2, 0.25) is 0 Å². The summed E-state index contributed by atoms with van der Waals surface area (Å²) < 4.78 is 27.2. The van der Waals surface area contributed by atoms with Crippen molar-refractivity contribution in [2.45, 2.75) is 27.2 Å². The summed E-state index contributed by atoms with van der Waals surface area (Å²) >= 11 is 0. The molecule has 0 radical (unpaired) electrons. The van der Waals surface area contributed by atoms with Gasteiger partial charge in [-0.3, -0.25) is 0 Å². The van der Waals surface area contributed by atoms with Crippen LogP contribution in [0.25, 0.3) is 6.08 Å². The van der Waals surface area contributed by atoms with Gasteiger partial charge in [0.25, 0.3) is 0 Å². The number of carbonyl (C=O) groups excluding carboxylic acids is 1. The van der Waals surface area contributed by atoms with E-state index in [1.807, 2.05) is 50.2 Å². The van der Waals surface area contributed by atoms with Crippen LogP contribution < -0.4 is 14.2 Å². The SMILES string of the molecule is CCOC(=O)/C(=C/c1ccc(OCCc2ccc(OCC)cc2)c(OC)c1)OCC. The van der Waals surface area contributed by atoms with Gasteiger partial charge in [-0.2, -0.15) is 0 Å². The fourth-order valence-corrected chi connectivity index (χ4v) is 2.76. The van der Waals surface area contributed by atoms with E-state index in [2.05, 4.69) is 0 Å². The zero-order valence-electron chi connectivity index (χ0n) is 18.1. The van der Waals surface area contributed by atoms with E-state index in [0.717, 1.165) is 23.3 Å². The van der Waals surface area contributed by atoms with Crippen molar-refractivity contribution in [3.8, 4) is 17.2 Å². The standard InChI is InChI=1S/C24H30O6/c1-5-27-20-11-8-18(9-12-20)14-15-30-21-13-10-19(16-22(21)26-4)17-23(28-6-2)24(25)29-7-3/h8-13,16-17H,5-7,14-15H2,1-4H3/b23-17-. The molecule has 2 rings (SSSR count). The first-order valence-electron chi connectivity index (χ1n) is 10.1. The van der Waals surface area contributed by atoms with Crippen LogP contribution in [-0.2, 0) is 20.7 Å². The molecule has 0 aliphatic carbocycles. The molecule has 2 aromatic carbocycles. The molecule has 6 heteroatoms. The van der Waals surface area contributed by atoms with E-state index in [4.69, 9.17) is 23.7 Å². The lowest BCUT2D eigenvalue weighted by Gasteiger charge is -2.12. The van der Waals surface area contributed by atoms with Crippen molar-refractivity contribution in [1.29, 1.82) is 0 Å². The Hall–Kier alpha value is -3.15. The van der Waals surface area contributed by atoms with Crippen LogP contribution in [0.4, 0.5) is 0 Å². The smallest absolute Gasteiger partial charge is 0.373 e. The van der Waals surface area contributed by atoms with E-state index in [-0.39, 0.29) is 12.4 Å². The minimum absolute atomic E-state index is 0.158. The van der Waals surface area contributed by atoms with Gasteiger partial charge in [0.15, 0.2) is 11.5 Å². The average molecular weight is 414 g/mol. The number of esters is 1. The molecule has 30 heavy (non-hydrogen) atoms. The van der Waals surface area contributed by atoms with Crippen molar-refractivity contribution in [3.63, 3.8) is 0 Å². The van der Waals surface area contributed by atoms with Crippen LogP contribution in [-0.4, -0.2) is 39.5 Å². The summed E-state index contributed by atoms with van der Waals surface area (Å²) in [6, 6.07) is 13.4. The van der Waals surface area contributed by atoms with Crippen LogP contribution in [0, 0.1) is 0 Å². The first kappa shape index (κ1) is 23.1. The molecular weight excluding hydrogens is 384 g/mol. The van der Waals surface area contributed by atoms with Gasteiger partial charge in [0.1, 0.15) is 5.75 Å². The summed E-state index contributed by atoms with van der Waals surface area (Å²) in [6.45, 7) is 7.34.